The van der Waals surface area contributed by atoms with Crippen molar-refractivity contribution in [3.8, 4) is 5.75 Å². The van der Waals surface area contributed by atoms with Crippen LogP contribution in [0.3, 0.4) is 0 Å². The molecular weight excluding hydrogens is 332 g/mol. The van der Waals surface area contributed by atoms with Crippen LogP contribution in [-0.2, 0) is 9.59 Å². The molecule has 1 heterocycles. The van der Waals surface area contributed by atoms with E-state index in [4.69, 9.17) is 4.74 Å². The van der Waals surface area contributed by atoms with E-state index in [0.717, 1.165) is 24.9 Å². The number of nitrogens with zero attached hydrogens (tertiary/aromatic N) is 2. The number of benzene rings is 1. The van der Waals surface area contributed by atoms with Crippen molar-refractivity contribution in [2.75, 3.05) is 47.9 Å². The predicted molar refractivity (Wildman–Crippen MR) is 101 cm³/mol. The summed E-state index contributed by atoms with van der Waals surface area (Å²) in [5.41, 5.74) is 0.780. The molecule has 1 aliphatic rings. The maximum Gasteiger partial charge on any atom is 0.241 e. The van der Waals surface area contributed by atoms with E-state index in [1.54, 1.807) is 14.2 Å². The third-order valence-corrected chi connectivity index (χ3v) is 4.72. The molecule has 26 heavy (non-hydrogen) atoms. The lowest BCUT2D eigenvalue weighted by atomic mass is 10.0. The Hall–Kier alpha value is -2.12. The second-order valence-electron chi connectivity index (χ2n) is 6.75. The van der Waals surface area contributed by atoms with E-state index in [1.807, 2.05) is 48.2 Å². The molecule has 1 fully saturated rings. The molecule has 144 valence electrons. The van der Waals surface area contributed by atoms with Crippen molar-refractivity contribution in [3.63, 3.8) is 0 Å². The summed E-state index contributed by atoms with van der Waals surface area (Å²) < 4.78 is 5.45. The third-order valence-electron chi connectivity index (χ3n) is 4.72. The van der Waals surface area contributed by atoms with Gasteiger partial charge >= 0.3 is 0 Å². The maximum atomic E-state index is 12.7. The van der Waals surface area contributed by atoms with Crippen LogP contribution in [0, 0.1) is 0 Å². The maximum absolute atomic E-state index is 12.7. The minimum Gasteiger partial charge on any atom is -0.496 e. The van der Waals surface area contributed by atoms with Crippen LogP contribution in [0.15, 0.2) is 24.3 Å². The van der Waals surface area contributed by atoms with E-state index in [1.165, 1.54) is 0 Å². The Labute approximate surface area is 155 Å². The highest BCUT2D eigenvalue weighted by Gasteiger charge is 2.40. The number of carbonyl (C=O) groups excluding carboxylic acids is 2. The summed E-state index contributed by atoms with van der Waals surface area (Å²) in [5, 5.41) is 5.73. The average Bonchev–Trinajstić information content (AvgIpc) is 3.11. The number of likely N-dealkylation sites (N-methyl/N-ethyl adjacent to an activating group) is 2. The first kappa shape index (κ1) is 20.2. The number of ether oxygens (including phenoxy) is 1. The molecule has 1 aromatic rings. The van der Waals surface area contributed by atoms with Crippen molar-refractivity contribution >= 4 is 11.8 Å². The predicted octanol–water partition coefficient (Wildman–Crippen LogP) is 0.625. The van der Waals surface area contributed by atoms with Crippen molar-refractivity contribution in [2.24, 2.45) is 0 Å². The fourth-order valence-electron chi connectivity index (χ4n) is 3.40. The first-order chi connectivity index (χ1) is 12.5. The smallest absolute Gasteiger partial charge is 0.241 e. The zero-order valence-electron chi connectivity index (χ0n) is 16.1. The molecule has 0 aromatic heterocycles. The van der Waals surface area contributed by atoms with E-state index >= 15 is 0 Å². The second-order valence-corrected chi connectivity index (χ2v) is 6.75. The number of para-hydroxylation sites is 1. The Bertz CT molecular complexity index is 621. The Morgan fingerprint density at radius 1 is 1.35 bits per heavy atom. The SMILES string of the molecule is CNC(=O)C(c1ccccc1OC)N1CCCC1C(=O)NCCN(C)C. The van der Waals surface area contributed by atoms with Crippen LogP contribution >= 0.6 is 0 Å². The molecule has 0 saturated carbocycles. The molecule has 7 nitrogen and oxygen atoms in total. The monoisotopic (exact) mass is 362 g/mol. The Morgan fingerprint density at radius 3 is 2.73 bits per heavy atom. The number of methoxy groups -OCH3 is 1. The highest BCUT2D eigenvalue weighted by Crippen LogP contribution is 2.34. The van der Waals surface area contributed by atoms with Gasteiger partial charge in [-0.25, -0.2) is 0 Å². The molecule has 0 aliphatic carbocycles. The lowest BCUT2D eigenvalue weighted by Crippen LogP contribution is -2.49. The van der Waals surface area contributed by atoms with Gasteiger partial charge in [-0.2, -0.15) is 0 Å². The normalized spacial score (nSPS) is 18.6. The highest BCUT2D eigenvalue weighted by molar-refractivity contribution is 5.86. The lowest BCUT2D eigenvalue weighted by molar-refractivity contribution is -0.131. The topological polar surface area (TPSA) is 73.9 Å². The summed E-state index contributed by atoms with van der Waals surface area (Å²) in [6.07, 6.45) is 1.63. The number of rotatable bonds is 8. The molecular formula is C19H30N4O3. The van der Waals surface area contributed by atoms with Crippen molar-refractivity contribution in [3.05, 3.63) is 29.8 Å². The molecule has 2 amide bonds. The van der Waals surface area contributed by atoms with Crippen LogP contribution in [-0.4, -0.2) is 75.5 Å². The number of amides is 2. The van der Waals surface area contributed by atoms with Crippen molar-refractivity contribution in [2.45, 2.75) is 24.9 Å². The molecule has 7 heteroatoms. The van der Waals surface area contributed by atoms with Gasteiger partial charge in [-0.15, -0.1) is 0 Å². The highest BCUT2D eigenvalue weighted by atomic mass is 16.5. The molecule has 2 atom stereocenters. The first-order valence-corrected chi connectivity index (χ1v) is 9.02. The van der Waals surface area contributed by atoms with E-state index in [-0.39, 0.29) is 17.9 Å². The van der Waals surface area contributed by atoms with Crippen LogP contribution in [0.2, 0.25) is 0 Å². The standard InChI is InChI=1S/C19H30N4O3/c1-20-19(25)17(14-8-5-6-10-16(14)26-4)23-12-7-9-15(23)18(24)21-11-13-22(2)3/h5-6,8,10,15,17H,7,9,11-13H2,1-4H3,(H,20,25)(H,21,24). The van der Waals surface area contributed by atoms with Crippen LogP contribution < -0.4 is 15.4 Å². The Balaban J connectivity index is 2.23. The van der Waals surface area contributed by atoms with Gasteiger partial charge in [0, 0.05) is 32.2 Å². The number of hydrogen-bond donors (Lipinski definition) is 2. The molecule has 0 radical (unpaired) electrons. The zero-order valence-corrected chi connectivity index (χ0v) is 16.1. The quantitative estimate of drug-likeness (QED) is 0.709. The summed E-state index contributed by atoms with van der Waals surface area (Å²) in [5.74, 6) is 0.496. The van der Waals surface area contributed by atoms with Gasteiger partial charge in [-0.05, 0) is 33.0 Å². The molecule has 2 unspecified atom stereocenters. The number of likely N-dealkylation sites (tertiary alicyclic amines) is 1. The van der Waals surface area contributed by atoms with Crippen molar-refractivity contribution in [1.82, 2.24) is 20.4 Å². The number of nitrogens with one attached hydrogen (secondary N) is 2. The summed E-state index contributed by atoms with van der Waals surface area (Å²) in [6.45, 7) is 2.07. The molecule has 1 aliphatic heterocycles. The van der Waals surface area contributed by atoms with Gasteiger partial charge in [0.25, 0.3) is 0 Å². The Morgan fingerprint density at radius 2 is 2.08 bits per heavy atom. The molecule has 0 spiro atoms. The number of hydrogen-bond acceptors (Lipinski definition) is 5. The van der Waals surface area contributed by atoms with Crippen molar-refractivity contribution < 1.29 is 14.3 Å². The van der Waals surface area contributed by atoms with E-state index < -0.39 is 6.04 Å². The van der Waals surface area contributed by atoms with Gasteiger partial charge < -0.3 is 20.3 Å². The van der Waals surface area contributed by atoms with Gasteiger partial charge in [-0.3, -0.25) is 14.5 Å². The zero-order chi connectivity index (χ0) is 19.1. The summed E-state index contributed by atoms with van der Waals surface area (Å²) >= 11 is 0. The van der Waals surface area contributed by atoms with E-state index in [0.29, 0.717) is 18.8 Å². The van der Waals surface area contributed by atoms with Gasteiger partial charge in [-0.1, -0.05) is 18.2 Å². The van der Waals surface area contributed by atoms with E-state index in [9.17, 15) is 9.59 Å². The van der Waals surface area contributed by atoms with Crippen LogP contribution in [0.5, 0.6) is 5.75 Å². The lowest BCUT2D eigenvalue weighted by Gasteiger charge is -2.32. The average molecular weight is 362 g/mol. The minimum atomic E-state index is -0.553. The van der Waals surface area contributed by atoms with Crippen LogP contribution in [0.4, 0.5) is 0 Å². The summed E-state index contributed by atoms with van der Waals surface area (Å²) in [7, 11) is 7.15. The molecule has 2 rings (SSSR count). The third kappa shape index (κ3) is 4.74. The summed E-state index contributed by atoms with van der Waals surface area (Å²) in [4.78, 5) is 29.4. The Kier molecular flexibility index (Phi) is 7.41. The second kappa shape index (κ2) is 9.54. The van der Waals surface area contributed by atoms with Gasteiger partial charge in [0.2, 0.25) is 11.8 Å². The fourth-order valence-corrected chi connectivity index (χ4v) is 3.40. The van der Waals surface area contributed by atoms with Crippen molar-refractivity contribution in [1.29, 1.82) is 0 Å². The van der Waals surface area contributed by atoms with Crippen LogP contribution in [0.1, 0.15) is 24.4 Å². The van der Waals surface area contributed by atoms with Crippen LogP contribution in [0.25, 0.3) is 0 Å². The van der Waals surface area contributed by atoms with Gasteiger partial charge in [0.15, 0.2) is 0 Å². The number of carbonyl (C=O) groups is 2. The molecule has 0 bridgehead atoms. The first-order valence-electron chi connectivity index (χ1n) is 9.02. The fraction of sp³-hybridized carbons (Fsp3) is 0.579. The minimum absolute atomic E-state index is 0.0202. The largest absolute Gasteiger partial charge is 0.496 e. The molecule has 2 N–H and O–H groups in total. The van der Waals surface area contributed by atoms with E-state index in [2.05, 4.69) is 10.6 Å². The summed E-state index contributed by atoms with van der Waals surface area (Å²) in [6, 6.07) is 6.62. The molecule has 1 aromatic carbocycles. The van der Waals surface area contributed by atoms with Gasteiger partial charge in [0.05, 0.1) is 13.2 Å². The van der Waals surface area contributed by atoms with Gasteiger partial charge in [0.1, 0.15) is 11.8 Å². The molecule has 1 saturated heterocycles.